The van der Waals surface area contributed by atoms with Gasteiger partial charge in [0.2, 0.25) is 0 Å². The first-order chi connectivity index (χ1) is 8.56. The molecule has 18 heavy (non-hydrogen) atoms. The third-order valence-electron chi connectivity index (χ3n) is 2.30. The fourth-order valence-corrected chi connectivity index (χ4v) is 1.45. The van der Waals surface area contributed by atoms with Crippen LogP contribution in [0, 0.1) is 0 Å². The van der Waals surface area contributed by atoms with Crippen molar-refractivity contribution in [2.45, 2.75) is 6.61 Å². The molecule has 4 N–H and O–H groups in total. The van der Waals surface area contributed by atoms with Gasteiger partial charge in [-0.25, -0.2) is 4.79 Å². The standard InChI is InChI=1S/C11H13N5O2/c1-16-5-8(14-15-16)6-18-11(17)9-3-2-7(12)4-10(9)13/h2-5H,6,12-13H2,1H3. The van der Waals surface area contributed by atoms with Crippen LogP contribution in [0.2, 0.25) is 0 Å². The Labute approximate surface area is 103 Å². The van der Waals surface area contributed by atoms with Gasteiger partial charge in [-0.05, 0) is 18.2 Å². The Balaban J connectivity index is 2.03. The minimum absolute atomic E-state index is 0.0521. The van der Waals surface area contributed by atoms with Gasteiger partial charge < -0.3 is 16.2 Å². The maximum atomic E-state index is 11.8. The molecule has 0 aliphatic heterocycles. The van der Waals surface area contributed by atoms with E-state index >= 15 is 0 Å². The fourth-order valence-electron chi connectivity index (χ4n) is 1.45. The average Bonchev–Trinajstić information content (AvgIpc) is 2.72. The Morgan fingerprint density at radius 1 is 1.44 bits per heavy atom. The van der Waals surface area contributed by atoms with E-state index in [4.69, 9.17) is 16.2 Å². The van der Waals surface area contributed by atoms with Gasteiger partial charge >= 0.3 is 5.97 Å². The number of nitrogen functional groups attached to an aromatic ring is 2. The molecule has 1 heterocycles. The van der Waals surface area contributed by atoms with E-state index in [0.29, 0.717) is 17.1 Å². The van der Waals surface area contributed by atoms with Crippen molar-refractivity contribution < 1.29 is 9.53 Å². The smallest absolute Gasteiger partial charge is 0.340 e. The van der Waals surface area contributed by atoms with E-state index in [1.807, 2.05) is 0 Å². The second kappa shape index (κ2) is 4.74. The lowest BCUT2D eigenvalue weighted by Crippen LogP contribution is -2.08. The summed E-state index contributed by atoms with van der Waals surface area (Å²) in [5.41, 5.74) is 12.9. The molecule has 0 aliphatic carbocycles. The minimum atomic E-state index is -0.516. The number of aromatic nitrogens is 3. The van der Waals surface area contributed by atoms with Crippen LogP contribution in [0.5, 0.6) is 0 Å². The summed E-state index contributed by atoms with van der Waals surface area (Å²) in [5.74, 6) is -0.516. The van der Waals surface area contributed by atoms with E-state index < -0.39 is 5.97 Å². The number of anilines is 2. The molecule has 0 amide bonds. The van der Waals surface area contributed by atoms with Crippen molar-refractivity contribution in [2.24, 2.45) is 7.05 Å². The second-order valence-corrected chi connectivity index (χ2v) is 3.81. The van der Waals surface area contributed by atoms with Gasteiger partial charge in [-0.3, -0.25) is 4.68 Å². The van der Waals surface area contributed by atoms with Crippen molar-refractivity contribution in [3.8, 4) is 0 Å². The first-order valence-electron chi connectivity index (χ1n) is 5.23. The number of ether oxygens (including phenoxy) is 1. The van der Waals surface area contributed by atoms with Gasteiger partial charge in [0, 0.05) is 18.4 Å². The maximum Gasteiger partial charge on any atom is 0.340 e. The van der Waals surface area contributed by atoms with E-state index in [-0.39, 0.29) is 12.2 Å². The molecule has 0 saturated carbocycles. The molecule has 2 rings (SSSR count). The summed E-state index contributed by atoms with van der Waals surface area (Å²) in [6.45, 7) is 0.0521. The monoisotopic (exact) mass is 247 g/mol. The SMILES string of the molecule is Cn1cc(COC(=O)c2ccc(N)cc2N)nn1. The van der Waals surface area contributed by atoms with E-state index in [9.17, 15) is 4.79 Å². The van der Waals surface area contributed by atoms with Gasteiger partial charge in [0.15, 0.2) is 0 Å². The van der Waals surface area contributed by atoms with Crippen molar-refractivity contribution in [3.05, 3.63) is 35.7 Å². The van der Waals surface area contributed by atoms with Crippen LogP contribution in [0.4, 0.5) is 11.4 Å². The minimum Gasteiger partial charge on any atom is -0.455 e. The predicted molar refractivity (Wildman–Crippen MR) is 65.4 cm³/mol. The van der Waals surface area contributed by atoms with Crippen LogP contribution in [0.25, 0.3) is 0 Å². The van der Waals surface area contributed by atoms with Crippen LogP contribution in [0.3, 0.4) is 0 Å². The Hall–Kier alpha value is -2.57. The highest BCUT2D eigenvalue weighted by molar-refractivity contribution is 5.95. The van der Waals surface area contributed by atoms with Gasteiger partial charge in [0.25, 0.3) is 0 Å². The third kappa shape index (κ3) is 2.57. The van der Waals surface area contributed by atoms with Crippen molar-refractivity contribution in [1.82, 2.24) is 15.0 Å². The summed E-state index contributed by atoms with van der Waals surface area (Å²) >= 11 is 0. The van der Waals surface area contributed by atoms with Crippen molar-refractivity contribution in [1.29, 1.82) is 0 Å². The largest absolute Gasteiger partial charge is 0.455 e. The number of carbonyl (C=O) groups is 1. The summed E-state index contributed by atoms with van der Waals surface area (Å²) in [4.78, 5) is 11.8. The van der Waals surface area contributed by atoms with Crippen molar-refractivity contribution >= 4 is 17.3 Å². The van der Waals surface area contributed by atoms with Crippen LogP contribution in [0.15, 0.2) is 24.4 Å². The van der Waals surface area contributed by atoms with Gasteiger partial charge in [-0.2, -0.15) is 0 Å². The van der Waals surface area contributed by atoms with E-state index in [1.165, 1.54) is 16.8 Å². The van der Waals surface area contributed by atoms with Crippen LogP contribution < -0.4 is 11.5 Å². The van der Waals surface area contributed by atoms with Crippen LogP contribution in [0.1, 0.15) is 16.1 Å². The van der Waals surface area contributed by atoms with Crippen LogP contribution in [-0.4, -0.2) is 21.0 Å². The molecule has 94 valence electrons. The Morgan fingerprint density at radius 3 is 2.83 bits per heavy atom. The molecule has 0 saturated heterocycles. The molecule has 7 nitrogen and oxygen atoms in total. The molecule has 0 atom stereocenters. The first kappa shape index (κ1) is 11.9. The van der Waals surface area contributed by atoms with Crippen LogP contribution >= 0.6 is 0 Å². The van der Waals surface area contributed by atoms with Crippen LogP contribution in [-0.2, 0) is 18.4 Å². The van der Waals surface area contributed by atoms with E-state index in [0.717, 1.165) is 0 Å². The highest BCUT2D eigenvalue weighted by Gasteiger charge is 2.12. The fraction of sp³-hybridized carbons (Fsp3) is 0.182. The highest BCUT2D eigenvalue weighted by atomic mass is 16.5. The quantitative estimate of drug-likeness (QED) is 0.597. The average molecular weight is 247 g/mol. The zero-order valence-corrected chi connectivity index (χ0v) is 9.83. The Kier molecular flexibility index (Phi) is 3.13. The number of rotatable bonds is 3. The number of esters is 1. The summed E-state index contributed by atoms with van der Waals surface area (Å²) in [6, 6.07) is 4.64. The lowest BCUT2D eigenvalue weighted by atomic mass is 10.1. The number of nitrogens with zero attached hydrogens (tertiary/aromatic N) is 3. The molecule has 7 heteroatoms. The zero-order chi connectivity index (χ0) is 13.1. The zero-order valence-electron chi connectivity index (χ0n) is 9.83. The molecular weight excluding hydrogens is 234 g/mol. The normalized spacial score (nSPS) is 10.3. The Bertz CT molecular complexity index is 579. The molecule has 0 fully saturated rings. The summed E-state index contributed by atoms with van der Waals surface area (Å²) in [7, 11) is 1.73. The van der Waals surface area contributed by atoms with Crippen molar-refractivity contribution in [3.63, 3.8) is 0 Å². The third-order valence-corrected chi connectivity index (χ3v) is 2.30. The molecule has 0 radical (unpaired) electrons. The van der Waals surface area contributed by atoms with Gasteiger partial charge in [-0.15, -0.1) is 5.10 Å². The predicted octanol–water partition coefficient (Wildman–Crippen LogP) is 0.337. The number of benzene rings is 1. The molecule has 0 spiro atoms. The van der Waals surface area contributed by atoms with Gasteiger partial charge in [0.05, 0.1) is 11.8 Å². The number of hydrogen-bond donors (Lipinski definition) is 2. The summed E-state index contributed by atoms with van der Waals surface area (Å²) in [5, 5.41) is 7.53. The van der Waals surface area contributed by atoms with E-state index in [2.05, 4.69) is 10.3 Å². The summed E-state index contributed by atoms with van der Waals surface area (Å²) < 4.78 is 6.60. The number of nitrogens with two attached hydrogens (primary N) is 2. The molecule has 2 aromatic rings. The lowest BCUT2D eigenvalue weighted by molar-refractivity contribution is 0.0469. The topological polar surface area (TPSA) is 109 Å². The molecule has 0 aliphatic rings. The summed E-state index contributed by atoms with van der Waals surface area (Å²) in [6.07, 6.45) is 1.67. The second-order valence-electron chi connectivity index (χ2n) is 3.81. The molecule has 0 bridgehead atoms. The first-order valence-corrected chi connectivity index (χ1v) is 5.23. The molecular formula is C11H13N5O2. The van der Waals surface area contributed by atoms with Crippen molar-refractivity contribution in [2.75, 3.05) is 11.5 Å². The van der Waals surface area contributed by atoms with E-state index in [1.54, 1.807) is 19.3 Å². The number of aryl methyl sites for hydroxylation is 1. The maximum absolute atomic E-state index is 11.8. The molecule has 0 unspecified atom stereocenters. The Morgan fingerprint density at radius 2 is 2.22 bits per heavy atom. The van der Waals surface area contributed by atoms with Gasteiger partial charge in [-0.1, -0.05) is 5.21 Å². The number of carbonyl (C=O) groups excluding carboxylic acids is 1. The molecule has 1 aromatic carbocycles. The molecule has 1 aromatic heterocycles. The highest BCUT2D eigenvalue weighted by Crippen LogP contribution is 2.17. The lowest BCUT2D eigenvalue weighted by Gasteiger charge is -2.06. The number of hydrogen-bond acceptors (Lipinski definition) is 6. The van der Waals surface area contributed by atoms with Gasteiger partial charge in [0.1, 0.15) is 12.3 Å².